The SMILES string of the molecule is CCN(CC1(C)CCC1)C(C)=O. The van der Waals surface area contributed by atoms with Crippen LogP contribution in [0.1, 0.15) is 40.0 Å². The van der Waals surface area contributed by atoms with Gasteiger partial charge in [-0.25, -0.2) is 0 Å². The number of carbonyl (C=O) groups excluding carboxylic acids is 1. The largest absolute Gasteiger partial charge is 0.343 e. The van der Waals surface area contributed by atoms with Crippen molar-refractivity contribution in [1.29, 1.82) is 0 Å². The van der Waals surface area contributed by atoms with E-state index in [1.54, 1.807) is 6.92 Å². The van der Waals surface area contributed by atoms with E-state index in [9.17, 15) is 4.79 Å². The van der Waals surface area contributed by atoms with E-state index in [0.717, 1.165) is 13.1 Å². The molecule has 0 bridgehead atoms. The van der Waals surface area contributed by atoms with Crippen LogP contribution in [0.3, 0.4) is 0 Å². The summed E-state index contributed by atoms with van der Waals surface area (Å²) < 4.78 is 0. The number of hydrogen-bond acceptors (Lipinski definition) is 1. The van der Waals surface area contributed by atoms with E-state index >= 15 is 0 Å². The van der Waals surface area contributed by atoms with Crippen LogP contribution in [-0.2, 0) is 4.79 Å². The van der Waals surface area contributed by atoms with Gasteiger partial charge in [-0.2, -0.15) is 0 Å². The van der Waals surface area contributed by atoms with Gasteiger partial charge in [0.2, 0.25) is 5.91 Å². The molecule has 1 fully saturated rings. The van der Waals surface area contributed by atoms with Crippen molar-refractivity contribution in [3.8, 4) is 0 Å². The maximum atomic E-state index is 11.1. The highest BCUT2D eigenvalue weighted by Crippen LogP contribution is 2.40. The average molecular weight is 169 g/mol. The summed E-state index contributed by atoms with van der Waals surface area (Å²) in [6.45, 7) is 7.79. The molecule has 0 aliphatic heterocycles. The van der Waals surface area contributed by atoms with Crippen LogP contribution >= 0.6 is 0 Å². The molecule has 2 heteroatoms. The molecule has 0 aromatic heterocycles. The number of rotatable bonds is 3. The van der Waals surface area contributed by atoms with E-state index in [4.69, 9.17) is 0 Å². The summed E-state index contributed by atoms with van der Waals surface area (Å²) in [4.78, 5) is 13.1. The first-order chi connectivity index (χ1) is 5.57. The second kappa shape index (κ2) is 3.46. The molecule has 0 spiro atoms. The molecule has 0 atom stereocenters. The Bertz CT molecular complexity index is 173. The summed E-state index contributed by atoms with van der Waals surface area (Å²) in [5, 5.41) is 0. The fraction of sp³-hybridized carbons (Fsp3) is 0.900. The van der Waals surface area contributed by atoms with Crippen LogP contribution in [0.2, 0.25) is 0 Å². The lowest BCUT2D eigenvalue weighted by Gasteiger charge is -2.41. The van der Waals surface area contributed by atoms with Crippen molar-refractivity contribution in [3.05, 3.63) is 0 Å². The fourth-order valence-electron chi connectivity index (χ4n) is 1.85. The molecule has 0 saturated heterocycles. The Labute approximate surface area is 74.9 Å². The molecule has 0 unspecified atom stereocenters. The van der Waals surface area contributed by atoms with Crippen molar-refractivity contribution in [1.82, 2.24) is 4.90 Å². The maximum Gasteiger partial charge on any atom is 0.219 e. The summed E-state index contributed by atoms with van der Waals surface area (Å²) in [5.41, 5.74) is 0.432. The van der Waals surface area contributed by atoms with Crippen molar-refractivity contribution in [3.63, 3.8) is 0 Å². The van der Waals surface area contributed by atoms with Crippen LogP contribution in [0.5, 0.6) is 0 Å². The van der Waals surface area contributed by atoms with E-state index in [1.807, 2.05) is 11.8 Å². The molecule has 70 valence electrons. The molecule has 0 heterocycles. The van der Waals surface area contributed by atoms with Crippen molar-refractivity contribution < 1.29 is 4.79 Å². The standard InChI is InChI=1S/C10H19NO/c1-4-11(9(2)12)8-10(3)6-5-7-10/h4-8H2,1-3H3. The van der Waals surface area contributed by atoms with Crippen molar-refractivity contribution >= 4 is 5.91 Å². The smallest absolute Gasteiger partial charge is 0.219 e. The highest BCUT2D eigenvalue weighted by molar-refractivity contribution is 5.73. The zero-order valence-corrected chi connectivity index (χ0v) is 8.39. The van der Waals surface area contributed by atoms with Gasteiger partial charge in [0, 0.05) is 20.0 Å². The van der Waals surface area contributed by atoms with E-state index in [-0.39, 0.29) is 5.91 Å². The zero-order valence-electron chi connectivity index (χ0n) is 8.39. The van der Waals surface area contributed by atoms with Gasteiger partial charge in [0.25, 0.3) is 0 Å². The summed E-state index contributed by atoms with van der Waals surface area (Å²) >= 11 is 0. The van der Waals surface area contributed by atoms with Gasteiger partial charge in [-0.05, 0) is 25.2 Å². The van der Waals surface area contributed by atoms with E-state index < -0.39 is 0 Å². The Kier molecular flexibility index (Phi) is 2.76. The van der Waals surface area contributed by atoms with Gasteiger partial charge in [0.05, 0.1) is 0 Å². The van der Waals surface area contributed by atoms with Gasteiger partial charge in [-0.1, -0.05) is 13.3 Å². The van der Waals surface area contributed by atoms with E-state index in [0.29, 0.717) is 5.41 Å². The topological polar surface area (TPSA) is 20.3 Å². The van der Waals surface area contributed by atoms with Crippen LogP contribution in [0.15, 0.2) is 0 Å². The molecule has 0 radical (unpaired) electrons. The number of amides is 1. The Morgan fingerprint density at radius 2 is 2.08 bits per heavy atom. The van der Waals surface area contributed by atoms with Crippen LogP contribution in [0.4, 0.5) is 0 Å². The second-order valence-electron chi connectivity index (χ2n) is 4.20. The predicted octanol–water partition coefficient (Wildman–Crippen LogP) is 2.04. The third kappa shape index (κ3) is 1.99. The lowest BCUT2D eigenvalue weighted by atomic mass is 9.70. The second-order valence-corrected chi connectivity index (χ2v) is 4.20. The Hall–Kier alpha value is -0.530. The molecule has 1 amide bonds. The van der Waals surface area contributed by atoms with Crippen molar-refractivity contribution in [2.75, 3.05) is 13.1 Å². The molecular formula is C10H19NO. The third-order valence-electron chi connectivity index (χ3n) is 2.96. The minimum absolute atomic E-state index is 0.214. The first kappa shape index (κ1) is 9.56. The van der Waals surface area contributed by atoms with Crippen LogP contribution in [-0.4, -0.2) is 23.9 Å². The summed E-state index contributed by atoms with van der Waals surface area (Å²) in [7, 11) is 0. The van der Waals surface area contributed by atoms with Crippen LogP contribution in [0.25, 0.3) is 0 Å². The molecular weight excluding hydrogens is 150 g/mol. The Balaban J connectivity index is 2.41. The minimum Gasteiger partial charge on any atom is -0.343 e. The highest BCUT2D eigenvalue weighted by atomic mass is 16.2. The van der Waals surface area contributed by atoms with Crippen molar-refractivity contribution in [2.45, 2.75) is 40.0 Å². The van der Waals surface area contributed by atoms with Gasteiger partial charge in [0.15, 0.2) is 0 Å². The minimum atomic E-state index is 0.214. The molecule has 0 aromatic rings. The molecule has 1 aliphatic carbocycles. The van der Waals surface area contributed by atoms with Gasteiger partial charge >= 0.3 is 0 Å². The number of carbonyl (C=O) groups is 1. The summed E-state index contributed by atoms with van der Waals surface area (Å²) in [5.74, 6) is 0.214. The third-order valence-corrected chi connectivity index (χ3v) is 2.96. The number of hydrogen-bond donors (Lipinski definition) is 0. The Morgan fingerprint density at radius 1 is 1.50 bits per heavy atom. The first-order valence-electron chi connectivity index (χ1n) is 4.83. The quantitative estimate of drug-likeness (QED) is 0.633. The number of nitrogens with zero attached hydrogens (tertiary/aromatic N) is 1. The maximum absolute atomic E-state index is 11.1. The normalized spacial score (nSPS) is 19.9. The monoisotopic (exact) mass is 169 g/mol. The zero-order chi connectivity index (χ0) is 9.19. The summed E-state index contributed by atoms with van der Waals surface area (Å²) in [6.07, 6.45) is 3.92. The summed E-state index contributed by atoms with van der Waals surface area (Å²) in [6, 6.07) is 0. The lowest BCUT2D eigenvalue weighted by molar-refractivity contribution is -0.131. The van der Waals surface area contributed by atoms with Gasteiger partial charge < -0.3 is 4.90 Å². The lowest BCUT2D eigenvalue weighted by Crippen LogP contribution is -2.42. The van der Waals surface area contributed by atoms with Gasteiger partial charge in [-0.3, -0.25) is 4.79 Å². The molecule has 0 aromatic carbocycles. The first-order valence-corrected chi connectivity index (χ1v) is 4.83. The van der Waals surface area contributed by atoms with Crippen LogP contribution in [0, 0.1) is 5.41 Å². The Morgan fingerprint density at radius 3 is 2.33 bits per heavy atom. The van der Waals surface area contributed by atoms with Gasteiger partial charge in [0.1, 0.15) is 0 Å². The molecule has 2 nitrogen and oxygen atoms in total. The van der Waals surface area contributed by atoms with Crippen LogP contribution < -0.4 is 0 Å². The fourth-order valence-corrected chi connectivity index (χ4v) is 1.85. The predicted molar refractivity (Wildman–Crippen MR) is 49.9 cm³/mol. The van der Waals surface area contributed by atoms with Gasteiger partial charge in [-0.15, -0.1) is 0 Å². The molecule has 1 saturated carbocycles. The average Bonchev–Trinajstić information content (AvgIpc) is 1.96. The van der Waals surface area contributed by atoms with E-state index in [1.165, 1.54) is 19.3 Å². The molecule has 0 N–H and O–H groups in total. The van der Waals surface area contributed by atoms with Crippen molar-refractivity contribution in [2.24, 2.45) is 5.41 Å². The molecule has 12 heavy (non-hydrogen) atoms. The molecule has 1 rings (SSSR count). The van der Waals surface area contributed by atoms with E-state index in [2.05, 4.69) is 6.92 Å². The highest BCUT2D eigenvalue weighted by Gasteiger charge is 2.33. The molecule has 1 aliphatic rings.